The van der Waals surface area contributed by atoms with Crippen LogP contribution in [0.5, 0.6) is 0 Å². The first kappa shape index (κ1) is 28.2. The molecule has 31 heavy (non-hydrogen) atoms. The number of phosphoric acid groups is 1. The molecule has 2 atom stereocenters. The van der Waals surface area contributed by atoms with Gasteiger partial charge >= 0.3 is 0 Å². The van der Waals surface area contributed by atoms with Crippen LogP contribution < -0.4 is 4.89 Å². The number of rotatable bonds is 19. The molecule has 0 radical (unpaired) electrons. The average molecular weight is 463 g/mol. The second kappa shape index (κ2) is 15.1. The number of methoxy groups -OCH3 is 1. The third-order valence-corrected chi connectivity index (χ3v) is 5.87. The summed E-state index contributed by atoms with van der Waals surface area (Å²) in [5, 5.41) is 8.43. The normalized spacial score (nSPS) is 15.2. The fraction of sp³-hybridized carbons (Fsp3) is 0.905. The first-order valence-corrected chi connectivity index (χ1v) is 12.9. The second-order valence-electron chi connectivity index (χ2n) is 9.34. The van der Waals surface area contributed by atoms with E-state index in [1.807, 2.05) is 32.0 Å². The molecule has 0 N–H and O–H groups in total. The summed E-state index contributed by atoms with van der Waals surface area (Å²) in [5.41, 5.74) is 1.05. The number of aryl methyl sites for hydroxylation is 1. The minimum atomic E-state index is -4.17. The van der Waals surface area contributed by atoms with Gasteiger partial charge in [-0.05, 0) is 25.2 Å². The molecular formula is C21H43N4O5P. The van der Waals surface area contributed by atoms with Crippen LogP contribution in [0.1, 0.15) is 57.6 Å². The van der Waals surface area contributed by atoms with Crippen LogP contribution in [-0.2, 0) is 31.3 Å². The van der Waals surface area contributed by atoms with Gasteiger partial charge in [0, 0.05) is 19.9 Å². The Morgan fingerprint density at radius 1 is 1.06 bits per heavy atom. The van der Waals surface area contributed by atoms with E-state index in [-0.39, 0.29) is 13.2 Å². The summed E-state index contributed by atoms with van der Waals surface area (Å²) >= 11 is 0. The van der Waals surface area contributed by atoms with Crippen molar-refractivity contribution >= 4 is 7.82 Å². The van der Waals surface area contributed by atoms with Crippen molar-refractivity contribution < 1.29 is 27.7 Å². The first-order valence-electron chi connectivity index (χ1n) is 11.4. The van der Waals surface area contributed by atoms with Crippen molar-refractivity contribution in [2.75, 3.05) is 54.6 Å². The molecular weight excluding hydrogens is 419 g/mol. The molecule has 0 aliphatic carbocycles. The van der Waals surface area contributed by atoms with Crippen LogP contribution in [0.4, 0.5) is 0 Å². The Hall–Kier alpha value is -0.830. The van der Waals surface area contributed by atoms with E-state index >= 15 is 0 Å². The van der Waals surface area contributed by atoms with E-state index in [9.17, 15) is 9.46 Å². The van der Waals surface area contributed by atoms with Crippen molar-refractivity contribution in [2.24, 2.45) is 5.92 Å². The molecule has 0 aromatic carbocycles. The molecule has 0 fully saturated rings. The maximum Gasteiger partial charge on any atom is 0.268 e. The number of aromatic nitrogens is 3. The lowest BCUT2D eigenvalue weighted by molar-refractivity contribution is -0.870. The van der Waals surface area contributed by atoms with E-state index in [4.69, 9.17) is 13.8 Å². The van der Waals surface area contributed by atoms with E-state index in [0.717, 1.165) is 57.4 Å². The summed E-state index contributed by atoms with van der Waals surface area (Å²) in [6, 6.07) is 0. The number of quaternary nitrogens is 1. The minimum Gasteiger partial charge on any atom is -0.756 e. The van der Waals surface area contributed by atoms with Crippen molar-refractivity contribution in [1.82, 2.24) is 15.0 Å². The molecule has 1 aromatic heterocycles. The third-order valence-electron chi connectivity index (χ3n) is 4.87. The van der Waals surface area contributed by atoms with Crippen LogP contribution in [0.2, 0.25) is 0 Å². The van der Waals surface area contributed by atoms with Gasteiger partial charge in [0.25, 0.3) is 7.82 Å². The molecule has 0 saturated heterocycles. The standard InChI is InChI=1S/C21H43N4O5P/c1-20(19-28-5)17-24-18-21(22-23-24)13-11-9-7-6-8-10-12-15-29-31(26,27)30-16-14-25(2,3)4/h18,20H,6-17,19H2,1-5H3. The van der Waals surface area contributed by atoms with E-state index in [2.05, 4.69) is 17.2 Å². The molecule has 0 bridgehead atoms. The van der Waals surface area contributed by atoms with Gasteiger partial charge in [-0.1, -0.05) is 44.2 Å². The second-order valence-corrected chi connectivity index (χ2v) is 10.8. The van der Waals surface area contributed by atoms with Gasteiger partial charge in [0.1, 0.15) is 13.2 Å². The number of unbranched alkanes of at least 4 members (excludes halogenated alkanes) is 6. The van der Waals surface area contributed by atoms with Gasteiger partial charge in [0.05, 0.1) is 40.1 Å². The predicted octanol–water partition coefficient (Wildman–Crippen LogP) is 3.04. The van der Waals surface area contributed by atoms with Gasteiger partial charge in [-0.2, -0.15) is 0 Å². The first-order chi connectivity index (χ1) is 14.6. The van der Waals surface area contributed by atoms with Crippen LogP contribution in [0.25, 0.3) is 0 Å². The Kier molecular flexibility index (Phi) is 13.7. The number of phosphoric ester groups is 1. The molecule has 0 aliphatic heterocycles. The van der Waals surface area contributed by atoms with Gasteiger partial charge in [0.2, 0.25) is 0 Å². The van der Waals surface area contributed by atoms with Crippen LogP contribution in [0.3, 0.4) is 0 Å². The predicted molar refractivity (Wildman–Crippen MR) is 119 cm³/mol. The van der Waals surface area contributed by atoms with Crippen molar-refractivity contribution in [3.05, 3.63) is 11.9 Å². The van der Waals surface area contributed by atoms with Gasteiger partial charge in [-0.15, -0.1) is 5.10 Å². The van der Waals surface area contributed by atoms with E-state index in [1.54, 1.807) is 7.11 Å². The minimum absolute atomic E-state index is 0.146. The highest BCUT2D eigenvalue weighted by atomic mass is 31.2. The van der Waals surface area contributed by atoms with Crippen molar-refractivity contribution in [3.8, 4) is 0 Å². The lowest BCUT2D eigenvalue weighted by Crippen LogP contribution is -2.37. The van der Waals surface area contributed by atoms with Crippen molar-refractivity contribution in [3.63, 3.8) is 0 Å². The Morgan fingerprint density at radius 3 is 2.32 bits per heavy atom. The summed E-state index contributed by atoms with van der Waals surface area (Å²) in [5.74, 6) is 0.422. The highest BCUT2D eigenvalue weighted by Gasteiger charge is 2.13. The Morgan fingerprint density at radius 2 is 1.68 bits per heavy atom. The molecule has 0 spiro atoms. The zero-order valence-corrected chi connectivity index (χ0v) is 21.0. The molecule has 1 heterocycles. The van der Waals surface area contributed by atoms with Crippen LogP contribution in [0, 0.1) is 5.92 Å². The Balaban J connectivity index is 1.98. The van der Waals surface area contributed by atoms with Crippen molar-refractivity contribution in [2.45, 2.75) is 64.8 Å². The smallest absolute Gasteiger partial charge is 0.268 e. The molecule has 0 aliphatic rings. The van der Waals surface area contributed by atoms with Gasteiger partial charge < -0.3 is 23.2 Å². The molecule has 0 amide bonds. The Labute approximate surface area is 188 Å². The maximum atomic E-state index is 11.7. The van der Waals surface area contributed by atoms with Crippen LogP contribution in [-0.4, -0.2) is 74.1 Å². The number of nitrogens with zero attached hydrogens (tertiary/aromatic N) is 4. The highest BCUT2D eigenvalue weighted by molar-refractivity contribution is 7.45. The summed E-state index contributed by atoms with van der Waals surface area (Å²) in [4.78, 5) is 11.7. The third kappa shape index (κ3) is 15.6. The average Bonchev–Trinajstić information content (AvgIpc) is 3.09. The summed E-state index contributed by atoms with van der Waals surface area (Å²) in [6.07, 6.45) is 10.4. The molecule has 9 nitrogen and oxygen atoms in total. The lowest BCUT2D eigenvalue weighted by atomic mass is 10.1. The van der Waals surface area contributed by atoms with Crippen LogP contribution >= 0.6 is 7.82 Å². The monoisotopic (exact) mass is 462 g/mol. The number of hydrogen-bond donors (Lipinski definition) is 0. The zero-order chi connectivity index (χ0) is 23.2. The highest BCUT2D eigenvalue weighted by Crippen LogP contribution is 2.38. The summed E-state index contributed by atoms with van der Waals surface area (Å²) < 4.78 is 29.2. The largest absolute Gasteiger partial charge is 0.756 e. The topological polar surface area (TPSA) is 98.5 Å². The van der Waals surface area contributed by atoms with Gasteiger partial charge in [-0.3, -0.25) is 9.25 Å². The van der Waals surface area contributed by atoms with E-state index in [1.165, 1.54) is 12.8 Å². The molecule has 1 aromatic rings. The van der Waals surface area contributed by atoms with Gasteiger partial charge in [0.15, 0.2) is 0 Å². The quantitative estimate of drug-likeness (QED) is 0.177. The number of hydrogen-bond acceptors (Lipinski definition) is 7. The molecule has 0 saturated carbocycles. The molecule has 182 valence electrons. The summed E-state index contributed by atoms with van der Waals surface area (Å²) in [6.45, 7) is 4.65. The van der Waals surface area contributed by atoms with Crippen molar-refractivity contribution in [1.29, 1.82) is 0 Å². The maximum absolute atomic E-state index is 11.7. The lowest BCUT2D eigenvalue weighted by Gasteiger charge is -2.27. The van der Waals surface area contributed by atoms with Crippen LogP contribution in [0.15, 0.2) is 6.20 Å². The SMILES string of the molecule is COCC(C)Cn1cc(CCCCCCCCCOP(=O)([O-])OCC[N+](C)(C)C)nn1. The fourth-order valence-electron chi connectivity index (χ4n) is 3.13. The van der Waals surface area contributed by atoms with E-state index in [0.29, 0.717) is 16.9 Å². The van der Waals surface area contributed by atoms with Gasteiger partial charge in [-0.25, -0.2) is 0 Å². The van der Waals surface area contributed by atoms with E-state index < -0.39 is 7.82 Å². The number of ether oxygens (including phenoxy) is 1. The summed E-state index contributed by atoms with van der Waals surface area (Å²) in [7, 11) is 3.50. The zero-order valence-electron chi connectivity index (χ0n) is 20.1. The number of likely N-dealkylation sites (N-methyl/N-ethyl adjacent to an activating group) is 1. The molecule has 10 heteroatoms. The Bertz CT molecular complexity index is 636. The molecule has 1 rings (SSSR count). The molecule has 2 unspecified atom stereocenters. The fourth-order valence-corrected chi connectivity index (χ4v) is 3.86.